The van der Waals surface area contributed by atoms with Crippen LogP contribution >= 0.6 is 0 Å². The fraction of sp³-hybridized carbons (Fsp3) is 0.500. The van der Waals surface area contributed by atoms with Crippen molar-refractivity contribution >= 4 is 6.03 Å². The van der Waals surface area contributed by atoms with Crippen LogP contribution < -0.4 is 5.32 Å². The smallest absolute Gasteiger partial charge is 0.316 e. The predicted molar refractivity (Wildman–Crippen MR) is 77.3 cm³/mol. The molecule has 0 bridgehead atoms. The van der Waals surface area contributed by atoms with Gasteiger partial charge in [0, 0.05) is 21.1 Å². The fourth-order valence-corrected chi connectivity index (χ4v) is 0.609. The van der Waals surface area contributed by atoms with Crippen LogP contribution in [-0.2, 0) is 0 Å². The third-order valence-electron chi connectivity index (χ3n) is 1.29. The van der Waals surface area contributed by atoms with Crippen molar-refractivity contribution in [2.45, 2.75) is 27.7 Å². The van der Waals surface area contributed by atoms with E-state index in [2.05, 4.69) is 5.32 Å². The van der Waals surface area contributed by atoms with Crippen molar-refractivity contribution < 1.29 is 4.79 Å². The number of hydrogen-bond acceptors (Lipinski definition) is 1. The normalized spacial score (nSPS) is 6.76. The van der Waals surface area contributed by atoms with Crippen molar-refractivity contribution in [3.05, 3.63) is 36.4 Å². The van der Waals surface area contributed by atoms with E-state index < -0.39 is 0 Å². The van der Waals surface area contributed by atoms with E-state index in [1.54, 1.807) is 21.1 Å². The van der Waals surface area contributed by atoms with Gasteiger partial charge in [-0.2, -0.15) is 0 Å². The average Bonchev–Trinajstić information content (AvgIpc) is 2.44. The molecule has 0 radical (unpaired) electrons. The van der Waals surface area contributed by atoms with E-state index in [4.69, 9.17) is 0 Å². The van der Waals surface area contributed by atoms with Gasteiger partial charge < -0.3 is 10.2 Å². The zero-order chi connectivity index (χ0) is 14.1. The number of hydrogen-bond donors (Lipinski definition) is 1. The number of benzene rings is 1. The monoisotopic (exact) mass is 240 g/mol. The lowest BCUT2D eigenvalue weighted by molar-refractivity contribution is 0.219. The number of nitrogens with zero attached hydrogens (tertiary/aromatic N) is 1. The van der Waals surface area contributed by atoms with Gasteiger partial charge in [0.15, 0.2) is 0 Å². The molecule has 0 aromatic heterocycles. The van der Waals surface area contributed by atoms with E-state index in [1.165, 1.54) is 4.90 Å². The molecule has 0 aliphatic heterocycles. The minimum absolute atomic E-state index is 0.0694. The van der Waals surface area contributed by atoms with Crippen LogP contribution in [0.3, 0.4) is 0 Å². The summed E-state index contributed by atoms with van der Waals surface area (Å²) in [6.07, 6.45) is 0. The van der Waals surface area contributed by atoms with Crippen LogP contribution in [0.1, 0.15) is 27.7 Å². The molecule has 0 spiro atoms. The van der Waals surface area contributed by atoms with Crippen LogP contribution in [0, 0.1) is 0 Å². The summed E-state index contributed by atoms with van der Waals surface area (Å²) >= 11 is 0. The summed E-state index contributed by atoms with van der Waals surface area (Å²) in [4.78, 5) is 11.8. The number of urea groups is 1. The number of nitrogens with one attached hydrogen (secondary N) is 1. The second-order valence-electron chi connectivity index (χ2n) is 2.60. The van der Waals surface area contributed by atoms with Crippen LogP contribution in [0.25, 0.3) is 0 Å². The molecule has 0 saturated heterocycles. The van der Waals surface area contributed by atoms with Crippen molar-refractivity contribution in [1.82, 2.24) is 10.2 Å². The Kier molecular flexibility index (Phi) is 24.5. The van der Waals surface area contributed by atoms with Crippen molar-refractivity contribution in [1.29, 1.82) is 0 Å². The van der Waals surface area contributed by atoms with Gasteiger partial charge in [-0.15, -0.1) is 0 Å². The zero-order valence-electron chi connectivity index (χ0n) is 12.3. The van der Waals surface area contributed by atoms with Crippen molar-refractivity contribution in [3.8, 4) is 0 Å². The second-order valence-corrected chi connectivity index (χ2v) is 2.60. The van der Waals surface area contributed by atoms with Crippen LogP contribution in [-0.4, -0.2) is 32.1 Å². The Balaban J connectivity index is -0.000000179. The molecule has 0 unspecified atom stereocenters. The van der Waals surface area contributed by atoms with E-state index in [1.807, 2.05) is 64.1 Å². The Morgan fingerprint density at radius 2 is 1.06 bits per heavy atom. The Morgan fingerprint density at radius 1 is 0.824 bits per heavy atom. The van der Waals surface area contributed by atoms with Crippen molar-refractivity contribution in [3.63, 3.8) is 0 Å². The molecule has 1 aromatic carbocycles. The van der Waals surface area contributed by atoms with Crippen LogP contribution in [0.5, 0.6) is 0 Å². The highest BCUT2D eigenvalue weighted by molar-refractivity contribution is 5.72. The number of rotatable bonds is 0. The summed E-state index contributed by atoms with van der Waals surface area (Å²) in [7, 11) is 4.99. The summed E-state index contributed by atoms with van der Waals surface area (Å²) in [5, 5.41) is 2.45. The molecular weight excluding hydrogens is 212 g/mol. The van der Waals surface area contributed by atoms with Gasteiger partial charge >= 0.3 is 6.03 Å². The predicted octanol–water partition coefficient (Wildman–Crippen LogP) is 3.63. The Hall–Kier alpha value is -1.51. The zero-order valence-corrected chi connectivity index (χ0v) is 12.3. The molecular formula is C14H28N2O. The third-order valence-corrected chi connectivity index (χ3v) is 1.29. The van der Waals surface area contributed by atoms with Gasteiger partial charge in [-0.05, 0) is 0 Å². The van der Waals surface area contributed by atoms with Crippen LogP contribution in [0.4, 0.5) is 4.79 Å². The minimum Gasteiger partial charge on any atom is -0.341 e. The molecule has 1 N–H and O–H groups in total. The first-order chi connectivity index (χ1) is 8.18. The van der Waals surface area contributed by atoms with E-state index in [-0.39, 0.29) is 6.03 Å². The standard InChI is InChI=1S/C6H6.C4H10N2O.2C2H6/c1-2-4-6-5-3-1;1-5-4(7)6(2)3;2*1-2/h1-6H;1-3H3,(H,5,7);2*1-2H3. The Bertz CT molecular complexity index is 196. The maximum atomic E-state index is 10.3. The average molecular weight is 240 g/mol. The highest BCUT2D eigenvalue weighted by Gasteiger charge is 1.94. The lowest BCUT2D eigenvalue weighted by Crippen LogP contribution is -2.31. The number of carbonyl (C=O) groups excluding carboxylic acids is 1. The van der Waals surface area contributed by atoms with Gasteiger partial charge in [-0.1, -0.05) is 64.1 Å². The molecule has 2 amide bonds. The van der Waals surface area contributed by atoms with Crippen molar-refractivity contribution in [2.24, 2.45) is 0 Å². The highest BCUT2D eigenvalue weighted by Crippen LogP contribution is 1.79. The van der Waals surface area contributed by atoms with Gasteiger partial charge in [0.2, 0.25) is 0 Å². The van der Waals surface area contributed by atoms with E-state index >= 15 is 0 Å². The summed E-state index contributed by atoms with van der Waals surface area (Å²) < 4.78 is 0. The molecule has 1 aromatic rings. The summed E-state index contributed by atoms with van der Waals surface area (Å²) in [6, 6.07) is 11.9. The molecule has 0 heterocycles. The Labute approximate surface area is 107 Å². The van der Waals surface area contributed by atoms with E-state index in [0.29, 0.717) is 0 Å². The molecule has 1 rings (SSSR count). The first kappa shape index (κ1) is 20.8. The largest absolute Gasteiger partial charge is 0.341 e. The second kappa shape index (κ2) is 20.0. The molecule has 3 nitrogen and oxygen atoms in total. The van der Waals surface area contributed by atoms with Gasteiger partial charge in [0.05, 0.1) is 0 Å². The maximum absolute atomic E-state index is 10.3. The summed E-state index contributed by atoms with van der Waals surface area (Å²) in [5.74, 6) is 0. The summed E-state index contributed by atoms with van der Waals surface area (Å²) in [6.45, 7) is 8.00. The molecule has 0 atom stereocenters. The van der Waals surface area contributed by atoms with Gasteiger partial charge in [-0.3, -0.25) is 0 Å². The van der Waals surface area contributed by atoms with Gasteiger partial charge in [0.1, 0.15) is 0 Å². The highest BCUT2D eigenvalue weighted by atomic mass is 16.2. The first-order valence-corrected chi connectivity index (χ1v) is 6.07. The molecule has 3 heteroatoms. The van der Waals surface area contributed by atoms with Crippen molar-refractivity contribution in [2.75, 3.05) is 21.1 Å². The van der Waals surface area contributed by atoms with Gasteiger partial charge in [-0.25, -0.2) is 4.79 Å². The minimum atomic E-state index is -0.0694. The maximum Gasteiger partial charge on any atom is 0.316 e. The molecule has 0 saturated carbocycles. The molecule has 0 aliphatic carbocycles. The number of carbonyl (C=O) groups is 1. The third kappa shape index (κ3) is 20.5. The molecule has 0 aliphatic rings. The van der Waals surface area contributed by atoms with Gasteiger partial charge in [0.25, 0.3) is 0 Å². The van der Waals surface area contributed by atoms with E-state index in [0.717, 1.165) is 0 Å². The number of amides is 2. The van der Waals surface area contributed by atoms with E-state index in [9.17, 15) is 4.79 Å². The SMILES string of the molecule is CC.CC.CNC(=O)N(C)C.c1ccccc1. The molecule has 17 heavy (non-hydrogen) atoms. The first-order valence-electron chi connectivity index (χ1n) is 6.07. The lowest BCUT2D eigenvalue weighted by Gasteiger charge is -2.06. The molecule has 0 fully saturated rings. The Morgan fingerprint density at radius 3 is 1.12 bits per heavy atom. The quantitative estimate of drug-likeness (QED) is 0.738. The molecule has 100 valence electrons. The van der Waals surface area contributed by atoms with Crippen LogP contribution in [0.15, 0.2) is 36.4 Å². The summed E-state index contributed by atoms with van der Waals surface area (Å²) in [5.41, 5.74) is 0. The fourth-order valence-electron chi connectivity index (χ4n) is 0.609. The topological polar surface area (TPSA) is 32.3 Å². The van der Waals surface area contributed by atoms with Crippen LogP contribution in [0.2, 0.25) is 0 Å². The lowest BCUT2D eigenvalue weighted by atomic mass is 10.4.